The highest BCUT2D eigenvalue weighted by atomic mass is 16.5. The summed E-state index contributed by atoms with van der Waals surface area (Å²) < 4.78 is 5.26. The normalized spacial score (nSPS) is 10.2. The molecule has 0 heterocycles. The molecule has 0 amide bonds. The molecule has 1 aromatic carbocycles. The third-order valence-corrected chi connectivity index (χ3v) is 1.45. The molecule has 0 aliphatic rings. The highest BCUT2D eigenvalue weighted by molar-refractivity contribution is 5.79. The molecule has 0 saturated heterocycles. The van der Waals surface area contributed by atoms with Crippen molar-refractivity contribution in [1.82, 2.24) is 0 Å². The lowest BCUT2D eigenvalue weighted by Crippen LogP contribution is -1.92. The summed E-state index contributed by atoms with van der Waals surface area (Å²) in [5.41, 5.74) is 0.827. The topological polar surface area (TPSA) is 41.8 Å². The maximum Gasteiger partial charge on any atom is 0.119 e. The second kappa shape index (κ2) is 4.98. The van der Waals surface area contributed by atoms with E-state index in [9.17, 15) is 0 Å². The Bertz CT molecular complexity index is 290. The van der Waals surface area contributed by atoms with Gasteiger partial charge in [-0.1, -0.05) is 17.8 Å². The minimum atomic E-state index is 0.493. The van der Waals surface area contributed by atoms with Crippen molar-refractivity contribution in [3.8, 4) is 5.75 Å². The molecule has 0 fully saturated rings. The summed E-state index contributed by atoms with van der Waals surface area (Å²) in [6.45, 7) is 4.04. The van der Waals surface area contributed by atoms with E-state index in [1.54, 1.807) is 30.3 Å². The van der Waals surface area contributed by atoms with Gasteiger partial charge in [0, 0.05) is 0 Å². The lowest BCUT2D eigenvalue weighted by molar-refractivity contribution is 0.322. The van der Waals surface area contributed by atoms with Crippen molar-refractivity contribution in [1.29, 1.82) is 0 Å². The Hall–Kier alpha value is -1.77. The Labute approximate surface area is 77.0 Å². The molecule has 0 atom stereocenters. The van der Waals surface area contributed by atoms with Gasteiger partial charge in [-0.2, -0.15) is 0 Å². The van der Waals surface area contributed by atoms with Gasteiger partial charge < -0.3 is 9.94 Å². The molecule has 3 nitrogen and oxygen atoms in total. The van der Waals surface area contributed by atoms with Gasteiger partial charge in [0.25, 0.3) is 0 Å². The molecule has 1 rings (SSSR count). The van der Waals surface area contributed by atoms with Crippen LogP contribution in [0.3, 0.4) is 0 Å². The minimum Gasteiger partial charge on any atom is -0.490 e. The zero-order valence-electron chi connectivity index (χ0n) is 7.18. The van der Waals surface area contributed by atoms with Gasteiger partial charge in [0.15, 0.2) is 0 Å². The summed E-state index contributed by atoms with van der Waals surface area (Å²) in [6, 6.07) is 7.22. The Morgan fingerprint density at radius 3 is 2.62 bits per heavy atom. The smallest absolute Gasteiger partial charge is 0.119 e. The van der Waals surface area contributed by atoms with E-state index in [2.05, 4.69) is 11.7 Å². The molecule has 0 spiro atoms. The SMILES string of the molecule is C=CCOc1ccc(C=NO)cc1. The number of benzene rings is 1. The molecule has 68 valence electrons. The van der Waals surface area contributed by atoms with Crippen LogP contribution in [-0.4, -0.2) is 18.0 Å². The molecule has 0 aliphatic heterocycles. The highest BCUT2D eigenvalue weighted by Crippen LogP contribution is 2.10. The summed E-state index contributed by atoms with van der Waals surface area (Å²) in [5, 5.41) is 11.2. The van der Waals surface area contributed by atoms with Gasteiger partial charge in [0.1, 0.15) is 12.4 Å². The van der Waals surface area contributed by atoms with Crippen LogP contribution >= 0.6 is 0 Å². The molecule has 1 N–H and O–H groups in total. The fourth-order valence-corrected chi connectivity index (χ4v) is 0.872. The maximum atomic E-state index is 8.26. The predicted molar refractivity (Wildman–Crippen MR) is 51.5 cm³/mol. The van der Waals surface area contributed by atoms with Gasteiger partial charge in [-0.3, -0.25) is 0 Å². The van der Waals surface area contributed by atoms with Crippen molar-refractivity contribution in [3.05, 3.63) is 42.5 Å². The fraction of sp³-hybridized carbons (Fsp3) is 0.100. The maximum absolute atomic E-state index is 8.26. The van der Waals surface area contributed by atoms with E-state index in [0.29, 0.717) is 6.61 Å². The monoisotopic (exact) mass is 177 g/mol. The average molecular weight is 177 g/mol. The molecular formula is C10H11NO2. The number of oxime groups is 1. The molecule has 3 heteroatoms. The number of ether oxygens (including phenoxy) is 1. The van der Waals surface area contributed by atoms with Crippen LogP contribution in [0.2, 0.25) is 0 Å². The first-order valence-electron chi connectivity index (χ1n) is 3.88. The lowest BCUT2D eigenvalue weighted by atomic mass is 10.2. The van der Waals surface area contributed by atoms with E-state index in [1.807, 2.05) is 0 Å². The van der Waals surface area contributed by atoms with Crippen LogP contribution in [0.25, 0.3) is 0 Å². The Kier molecular flexibility index (Phi) is 3.57. The zero-order valence-corrected chi connectivity index (χ0v) is 7.18. The lowest BCUT2D eigenvalue weighted by Gasteiger charge is -2.01. The Morgan fingerprint density at radius 1 is 1.38 bits per heavy atom. The van der Waals surface area contributed by atoms with Crippen molar-refractivity contribution in [2.24, 2.45) is 5.16 Å². The number of rotatable bonds is 4. The number of hydrogen-bond donors (Lipinski definition) is 1. The summed E-state index contributed by atoms with van der Waals surface area (Å²) in [4.78, 5) is 0. The van der Waals surface area contributed by atoms with Crippen LogP contribution in [0, 0.1) is 0 Å². The zero-order chi connectivity index (χ0) is 9.52. The van der Waals surface area contributed by atoms with Gasteiger partial charge in [0.05, 0.1) is 6.21 Å². The summed E-state index contributed by atoms with van der Waals surface area (Å²) in [5.74, 6) is 0.773. The molecule has 0 bridgehead atoms. The van der Waals surface area contributed by atoms with Crippen molar-refractivity contribution in [3.63, 3.8) is 0 Å². The van der Waals surface area contributed by atoms with Crippen LogP contribution in [0.5, 0.6) is 5.75 Å². The van der Waals surface area contributed by atoms with Crippen LogP contribution in [0.4, 0.5) is 0 Å². The molecule has 0 saturated carbocycles. The minimum absolute atomic E-state index is 0.493. The van der Waals surface area contributed by atoms with Crippen LogP contribution in [0.15, 0.2) is 42.1 Å². The van der Waals surface area contributed by atoms with Gasteiger partial charge in [0.2, 0.25) is 0 Å². The molecule has 0 aliphatic carbocycles. The van der Waals surface area contributed by atoms with E-state index in [-0.39, 0.29) is 0 Å². The second-order valence-electron chi connectivity index (χ2n) is 2.41. The summed E-state index contributed by atoms with van der Waals surface area (Å²) >= 11 is 0. The second-order valence-corrected chi connectivity index (χ2v) is 2.41. The van der Waals surface area contributed by atoms with Gasteiger partial charge in [-0.15, -0.1) is 0 Å². The molecule has 0 unspecified atom stereocenters. The van der Waals surface area contributed by atoms with Gasteiger partial charge in [-0.05, 0) is 29.8 Å². The van der Waals surface area contributed by atoms with E-state index in [4.69, 9.17) is 9.94 Å². The average Bonchev–Trinajstić information content (AvgIpc) is 2.17. The molecule has 13 heavy (non-hydrogen) atoms. The third kappa shape index (κ3) is 2.99. The van der Waals surface area contributed by atoms with E-state index in [0.717, 1.165) is 11.3 Å². The molecule has 1 aromatic rings. The number of nitrogens with zero attached hydrogens (tertiary/aromatic N) is 1. The Morgan fingerprint density at radius 2 is 2.08 bits per heavy atom. The fourth-order valence-electron chi connectivity index (χ4n) is 0.872. The highest BCUT2D eigenvalue weighted by Gasteiger charge is 1.91. The van der Waals surface area contributed by atoms with Crippen LogP contribution in [-0.2, 0) is 0 Å². The quantitative estimate of drug-likeness (QED) is 0.331. The first-order chi connectivity index (χ1) is 6.36. The number of hydrogen-bond acceptors (Lipinski definition) is 3. The van der Waals surface area contributed by atoms with Gasteiger partial charge in [-0.25, -0.2) is 0 Å². The first-order valence-corrected chi connectivity index (χ1v) is 3.88. The largest absolute Gasteiger partial charge is 0.490 e. The van der Waals surface area contributed by atoms with E-state index < -0.39 is 0 Å². The van der Waals surface area contributed by atoms with E-state index in [1.165, 1.54) is 6.21 Å². The van der Waals surface area contributed by atoms with E-state index >= 15 is 0 Å². The predicted octanol–water partition coefficient (Wildman–Crippen LogP) is 2.06. The van der Waals surface area contributed by atoms with Crippen LogP contribution < -0.4 is 4.74 Å². The molecule has 0 radical (unpaired) electrons. The van der Waals surface area contributed by atoms with Crippen molar-refractivity contribution >= 4 is 6.21 Å². The van der Waals surface area contributed by atoms with Crippen LogP contribution in [0.1, 0.15) is 5.56 Å². The first kappa shape index (κ1) is 9.32. The Balaban J connectivity index is 2.63. The summed E-state index contributed by atoms with van der Waals surface area (Å²) in [7, 11) is 0. The molecular weight excluding hydrogens is 166 g/mol. The van der Waals surface area contributed by atoms with Crippen molar-refractivity contribution in [2.45, 2.75) is 0 Å². The molecule has 0 aromatic heterocycles. The third-order valence-electron chi connectivity index (χ3n) is 1.45. The van der Waals surface area contributed by atoms with Gasteiger partial charge >= 0.3 is 0 Å². The standard InChI is InChI=1S/C10H11NO2/c1-2-7-13-10-5-3-9(4-6-10)8-11-12/h2-6,8,12H,1,7H2. The van der Waals surface area contributed by atoms with Crippen molar-refractivity contribution < 1.29 is 9.94 Å². The van der Waals surface area contributed by atoms with Crippen molar-refractivity contribution in [2.75, 3.05) is 6.61 Å². The summed E-state index contributed by atoms with van der Waals surface area (Å²) in [6.07, 6.45) is 3.04.